The summed E-state index contributed by atoms with van der Waals surface area (Å²) in [6, 6.07) is 4.11. The molecule has 0 saturated carbocycles. The van der Waals surface area contributed by atoms with Gasteiger partial charge in [-0.05, 0) is 44.5 Å². The van der Waals surface area contributed by atoms with Crippen molar-refractivity contribution in [2.75, 3.05) is 13.1 Å². The van der Waals surface area contributed by atoms with Crippen LogP contribution >= 0.6 is 11.6 Å². The Kier molecular flexibility index (Phi) is 5.20. The molecule has 1 heterocycles. The van der Waals surface area contributed by atoms with Gasteiger partial charge >= 0.3 is 0 Å². The summed E-state index contributed by atoms with van der Waals surface area (Å²) in [6.07, 6.45) is 1.89. The molecule has 1 aliphatic rings. The number of rotatable bonds is 4. The number of hydrogen-bond acceptors (Lipinski definition) is 3. The summed E-state index contributed by atoms with van der Waals surface area (Å²) >= 11 is 5.62. The lowest BCUT2D eigenvalue weighted by molar-refractivity contribution is -0.127. The van der Waals surface area contributed by atoms with E-state index in [9.17, 15) is 9.18 Å². The van der Waals surface area contributed by atoms with Gasteiger partial charge in [-0.1, -0.05) is 11.6 Å². The number of nitrogens with one attached hydrogen (secondary N) is 1. The first kappa shape index (κ1) is 15.1. The molecule has 0 spiro atoms. The molecule has 1 aliphatic heterocycles. The summed E-state index contributed by atoms with van der Waals surface area (Å²) in [7, 11) is 0. The summed E-state index contributed by atoms with van der Waals surface area (Å²) in [4.78, 5) is 11.6. The second-order valence-electron chi connectivity index (χ2n) is 4.96. The number of halogens is 2. The number of carbonyl (C=O) groups is 1. The zero-order chi connectivity index (χ0) is 14.5. The molecule has 0 radical (unpaired) electrons. The highest BCUT2D eigenvalue weighted by Crippen LogP contribution is 2.25. The molecule has 1 fully saturated rings. The highest BCUT2D eigenvalue weighted by molar-refractivity contribution is 6.30. The van der Waals surface area contributed by atoms with Gasteiger partial charge < -0.3 is 15.8 Å². The van der Waals surface area contributed by atoms with Gasteiger partial charge in [0.1, 0.15) is 11.6 Å². The fraction of sp³-hybridized carbons (Fsp3) is 0.500. The van der Waals surface area contributed by atoms with Crippen molar-refractivity contribution in [3.8, 4) is 5.75 Å². The molecule has 1 aromatic carbocycles. The van der Waals surface area contributed by atoms with Gasteiger partial charge in [0, 0.05) is 12.0 Å². The Morgan fingerprint density at radius 1 is 1.45 bits per heavy atom. The lowest BCUT2D eigenvalue weighted by Gasteiger charge is -2.24. The van der Waals surface area contributed by atoms with Crippen LogP contribution in [0.2, 0.25) is 5.02 Å². The van der Waals surface area contributed by atoms with E-state index in [1.54, 1.807) is 0 Å². The molecule has 110 valence electrons. The minimum Gasteiger partial charge on any atom is -0.480 e. The molecule has 2 atom stereocenters. The third-order valence-corrected chi connectivity index (χ3v) is 3.79. The van der Waals surface area contributed by atoms with Crippen molar-refractivity contribution >= 4 is 17.5 Å². The maximum absolute atomic E-state index is 13.4. The quantitative estimate of drug-likeness (QED) is 0.895. The maximum Gasteiger partial charge on any atom is 0.258 e. The fourth-order valence-electron chi connectivity index (χ4n) is 2.43. The summed E-state index contributed by atoms with van der Waals surface area (Å²) in [5.74, 6) is -0.781. The van der Waals surface area contributed by atoms with Gasteiger partial charge in [0.25, 0.3) is 5.91 Å². The van der Waals surface area contributed by atoms with Crippen LogP contribution < -0.4 is 15.8 Å². The third-order valence-electron chi connectivity index (χ3n) is 3.48. The molecule has 0 aromatic heterocycles. The molecule has 1 saturated heterocycles. The predicted molar refractivity (Wildman–Crippen MR) is 75.2 cm³/mol. The number of hydrogen-bond donors (Lipinski definition) is 2. The third kappa shape index (κ3) is 3.84. The molecule has 2 unspecified atom stereocenters. The summed E-state index contributed by atoms with van der Waals surface area (Å²) in [5, 5.41) is 3.29. The Morgan fingerprint density at radius 3 is 2.95 bits per heavy atom. The molecule has 4 nitrogen and oxygen atoms in total. The Labute approximate surface area is 122 Å². The number of ether oxygens (including phenoxy) is 1. The maximum atomic E-state index is 13.4. The smallest absolute Gasteiger partial charge is 0.258 e. The molecule has 20 heavy (non-hydrogen) atoms. The monoisotopic (exact) mass is 300 g/mol. The number of primary amides is 1. The van der Waals surface area contributed by atoms with Gasteiger partial charge in [-0.2, -0.15) is 0 Å². The lowest BCUT2D eigenvalue weighted by atomic mass is 9.93. The predicted octanol–water partition coefficient (Wildman–Crippen LogP) is 2.10. The van der Waals surface area contributed by atoms with Gasteiger partial charge in [0.05, 0.1) is 5.02 Å². The van der Waals surface area contributed by atoms with Crippen LogP contribution in [0.5, 0.6) is 5.75 Å². The average molecular weight is 301 g/mol. The first-order valence-electron chi connectivity index (χ1n) is 6.69. The number of nitrogens with two attached hydrogens (primary N) is 1. The van der Waals surface area contributed by atoms with Crippen LogP contribution in [0.25, 0.3) is 0 Å². The molecule has 1 amide bonds. The summed E-state index contributed by atoms with van der Waals surface area (Å²) < 4.78 is 19.0. The minimum absolute atomic E-state index is 0.0200. The standard InChI is InChI=1S/C14H18ClFN2O2/c15-11-4-3-10(8-12(11)16)20-13(14(17)19)9-2-1-6-18-7-5-9/h3-4,8-9,13,18H,1-2,5-7H2,(H2,17,19). The number of benzene rings is 1. The van der Waals surface area contributed by atoms with E-state index in [0.717, 1.165) is 32.4 Å². The highest BCUT2D eigenvalue weighted by atomic mass is 35.5. The molecular weight excluding hydrogens is 283 g/mol. The van der Waals surface area contributed by atoms with Crippen LogP contribution in [0, 0.1) is 11.7 Å². The first-order chi connectivity index (χ1) is 9.58. The van der Waals surface area contributed by atoms with Gasteiger partial charge in [-0.3, -0.25) is 4.79 Å². The van der Waals surface area contributed by atoms with Crippen molar-refractivity contribution < 1.29 is 13.9 Å². The first-order valence-corrected chi connectivity index (χ1v) is 7.07. The largest absolute Gasteiger partial charge is 0.480 e. The second-order valence-corrected chi connectivity index (χ2v) is 5.36. The Morgan fingerprint density at radius 2 is 2.25 bits per heavy atom. The fourth-order valence-corrected chi connectivity index (χ4v) is 2.55. The molecule has 0 bridgehead atoms. The minimum atomic E-state index is -0.740. The van der Waals surface area contributed by atoms with Gasteiger partial charge in [-0.15, -0.1) is 0 Å². The Hall–Kier alpha value is -1.33. The molecule has 0 aliphatic carbocycles. The highest BCUT2D eigenvalue weighted by Gasteiger charge is 2.29. The normalized spacial score (nSPS) is 21.0. The zero-order valence-electron chi connectivity index (χ0n) is 11.1. The van der Waals surface area contributed by atoms with Gasteiger partial charge in [-0.25, -0.2) is 4.39 Å². The Bertz CT molecular complexity index is 476. The average Bonchev–Trinajstić information content (AvgIpc) is 2.68. The van der Waals surface area contributed by atoms with E-state index >= 15 is 0 Å². The van der Waals surface area contributed by atoms with Crippen molar-refractivity contribution in [3.63, 3.8) is 0 Å². The van der Waals surface area contributed by atoms with Crippen molar-refractivity contribution in [1.82, 2.24) is 5.32 Å². The van der Waals surface area contributed by atoms with Crippen molar-refractivity contribution in [2.24, 2.45) is 11.7 Å². The molecule has 6 heteroatoms. The van der Waals surface area contributed by atoms with Crippen LogP contribution in [0.4, 0.5) is 4.39 Å². The molecule has 2 rings (SSSR count). The summed E-state index contributed by atoms with van der Waals surface area (Å²) in [6.45, 7) is 1.75. The van der Waals surface area contributed by atoms with Crippen molar-refractivity contribution in [1.29, 1.82) is 0 Å². The van der Waals surface area contributed by atoms with Gasteiger partial charge in [0.15, 0.2) is 6.10 Å². The molecule has 1 aromatic rings. The molecule has 3 N–H and O–H groups in total. The van der Waals surface area contributed by atoms with Crippen LogP contribution in [0.1, 0.15) is 19.3 Å². The van der Waals surface area contributed by atoms with E-state index in [1.807, 2.05) is 0 Å². The number of carbonyl (C=O) groups excluding carboxylic acids is 1. The van der Waals surface area contributed by atoms with E-state index in [2.05, 4.69) is 5.32 Å². The van der Waals surface area contributed by atoms with Crippen LogP contribution in [0.15, 0.2) is 18.2 Å². The zero-order valence-corrected chi connectivity index (χ0v) is 11.8. The second kappa shape index (κ2) is 6.90. The van der Waals surface area contributed by atoms with E-state index in [0.29, 0.717) is 0 Å². The van der Waals surface area contributed by atoms with E-state index < -0.39 is 17.8 Å². The summed E-state index contributed by atoms with van der Waals surface area (Å²) in [5.41, 5.74) is 5.43. The van der Waals surface area contributed by atoms with Crippen LogP contribution in [-0.2, 0) is 4.79 Å². The van der Waals surface area contributed by atoms with Crippen molar-refractivity contribution in [3.05, 3.63) is 29.0 Å². The van der Waals surface area contributed by atoms with Crippen LogP contribution in [-0.4, -0.2) is 25.1 Å². The van der Waals surface area contributed by atoms with Crippen LogP contribution in [0.3, 0.4) is 0 Å². The van der Waals surface area contributed by atoms with E-state index in [1.165, 1.54) is 18.2 Å². The van der Waals surface area contributed by atoms with E-state index in [-0.39, 0.29) is 16.7 Å². The Balaban J connectivity index is 2.11. The lowest BCUT2D eigenvalue weighted by Crippen LogP contribution is -2.40. The number of amides is 1. The van der Waals surface area contributed by atoms with Crippen molar-refractivity contribution in [2.45, 2.75) is 25.4 Å². The van der Waals surface area contributed by atoms with E-state index in [4.69, 9.17) is 22.1 Å². The van der Waals surface area contributed by atoms with Gasteiger partial charge in [0.2, 0.25) is 0 Å². The SMILES string of the molecule is NC(=O)C(Oc1ccc(Cl)c(F)c1)C1CCCNCC1. The topological polar surface area (TPSA) is 64.4 Å². The molecular formula is C14H18ClFN2O2.